The number of benzene rings is 1. The summed E-state index contributed by atoms with van der Waals surface area (Å²) in [5.74, 6) is 1.93. The minimum atomic E-state index is -0.743. The van der Waals surface area contributed by atoms with Gasteiger partial charge in [0, 0.05) is 21.2 Å². The molecule has 7 rings (SSSR count). The van der Waals surface area contributed by atoms with Crippen LogP contribution in [0.3, 0.4) is 0 Å². The maximum atomic E-state index is 12.8. The Morgan fingerprint density at radius 2 is 1.77 bits per heavy atom. The summed E-state index contributed by atoms with van der Waals surface area (Å²) in [7, 11) is 0. The second-order valence-corrected chi connectivity index (χ2v) is 11.1. The average molecular weight is 475 g/mol. The van der Waals surface area contributed by atoms with Crippen LogP contribution in [0.1, 0.15) is 54.6 Å². The van der Waals surface area contributed by atoms with Gasteiger partial charge in [0.15, 0.2) is 10.7 Å². The first-order valence-electron chi connectivity index (χ1n) is 10.6. The number of amides is 1. The van der Waals surface area contributed by atoms with Gasteiger partial charge in [0.25, 0.3) is 5.91 Å². The van der Waals surface area contributed by atoms with Crippen molar-refractivity contribution in [2.75, 3.05) is 5.32 Å². The molecule has 2 heterocycles. The molecule has 0 radical (unpaired) electrons. The predicted molar refractivity (Wildman–Crippen MR) is 122 cm³/mol. The van der Waals surface area contributed by atoms with Crippen LogP contribution < -0.4 is 10.9 Å². The number of rotatable bonds is 3. The summed E-state index contributed by atoms with van der Waals surface area (Å²) in [4.78, 5) is 30.0. The number of nitrogens with one attached hydrogen (secondary N) is 1. The Balaban J connectivity index is 1.28. The molecule has 4 bridgehead atoms. The second-order valence-electron chi connectivity index (χ2n) is 9.44. The number of anilines is 1. The highest BCUT2D eigenvalue weighted by molar-refractivity contribution is 7.14. The number of carbonyl (C=O) groups is 1. The molecule has 31 heavy (non-hydrogen) atoms. The van der Waals surface area contributed by atoms with Crippen molar-refractivity contribution in [3.05, 3.63) is 55.3 Å². The Morgan fingerprint density at radius 1 is 1.10 bits per heavy atom. The Kier molecular flexibility index (Phi) is 4.50. The van der Waals surface area contributed by atoms with E-state index in [0.29, 0.717) is 15.5 Å². The zero-order valence-corrected chi connectivity index (χ0v) is 18.9. The quantitative estimate of drug-likeness (QED) is 0.453. The minimum absolute atomic E-state index is 0.0996. The summed E-state index contributed by atoms with van der Waals surface area (Å²) in [6.07, 6.45) is 7.76. The van der Waals surface area contributed by atoms with Gasteiger partial charge in [-0.15, -0.1) is 11.3 Å². The summed E-state index contributed by atoms with van der Waals surface area (Å²) in [6, 6.07) is 4.56. The van der Waals surface area contributed by atoms with Crippen molar-refractivity contribution in [1.29, 1.82) is 0 Å². The van der Waals surface area contributed by atoms with Gasteiger partial charge in [0.1, 0.15) is 5.56 Å². The monoisotopic (exact) mass is 474 g/mol. The van der Waals surface area contributed by atoms with Gasteiger partial charge in [-0.05, 0) is 74.5 Å². The largest absolute Gasteiger partial charge is 0.421 e. The Hall–Kier alpha value is -1.89. The number of fused-ring (bicyclic) bond motifs is 1. The van der Waals surface area contributed by atoms with Gasteiger partial charge in [0.2, 0.25) is 0 Å². The fourth-order valence-electron chi connectivity index (χ4n) is 6.48. The molecule has 4 aliphatic carbocycles. The normalized spacial score (nSPS) is 28.9. The van der Waals surface area contributed by atoms with Crippen molar-refractivity contribution >= 4 is 56.5 Å². The highest BCUT2D eigenvalue weighted by Gasteiger charge is 2.52. The molecule has 4 fully saturated rings. The van der Waals surface area contributed by atoms with Crippen molar-refractivity contribution in [2.45, 2.75) is 43.9 Å². The number of hydrogen-bond acceptors (Lipinski definition) is 5. The summed E-state index contributed by atoms with van der Waals surface area (Å²) in [5, 5.41) is 6.51. The smallest absolute Gasteiger partial charge is 0.349 e. The molecule has 2 aromatic heterocycles. The Labute approximate surface area is 192 Å². The van der Waals surface area contributed by atoms with E-state index in [-0.39, 0.29) is 21.6 Å². The van der Waals surface area contributed by atoms with E-state index >= 15 is 0 Å². The molecule has 1 amide bonds. The lowest BCUT2D eigenvalue weighted by atomic mass is 9.49. The molecule has 4 aliphatic rings. The van der Waals surface area contributed by atoms with Gasteiger partial charge in [-0.25, -0.2) is 9.78 Å². The molecule has 160 valence electrons. The lowest BCUT2D eigenvalue weighted by Gasteiger charge is -2.56. The zero-order chi connectivity index (χ0) is 21.3. The molecule has 0 spiro atoms. The SMILES string of the molecule is O=C(Nc1nc(C23CC4CC(CC(C4)C2)C3)cs1)c1cc2cc(Cl)cc(Cl)c2oc1=O. The lowest BCUT2D eigenvalue weighted by Crippen LogP contribution is -2.48. The Morgan fingerprint density at radius 3 is 2.45 bits per heavy atom. The topological polar surface area (TPSA) is 72.2 Å². The maximum Gasteiger partial charge on any atom is 0.349 e. The van der Waals surface area contributed by atoms with Gasteiger partial charge in [-0.2, -0.15) is 0 Å². The number of carbonyl (C=O) groups excluding carboxylic acids is 1. The van der Waals surface area contributed by atoms with Gasteiger partial charge in [0.05, 0.1) is 10.7 Å². The molecular weight excluding hydrogens is 455 g/mol. The molecule has 3 aromatic rings. The minimum Gasteiger partial charge on any atom is -0.421 e. The van der Waals surface area contributed by atoms with E-state index in [9.17, 15) is 9.59 Å². The van der Waals surface area contributed by atoms with Gasteiger partial charge < -0.3 is 4.42 Å². The maximum absolute atomic E-state index is 12.8. The van der Waals surface area contributed by atoms with E-state index in [4.69, 9.17) is 32.6 Å². The first-order valence-corrected chi connectivity index (χ1v) is 12.2. The first kappa shape index (κ1) is 19.8. The summed E-state index contributed by atoms with van der Waals surface area (Å²) in [5.41, 5.74) is 0.649. The van der Waals surface area contributed by atoms with Crippen molar-refractivity contribution in [3.63, 3.8) is 0 Å². The predicted octanol–water partition coefficient (Wildman–Crippen LogP) is 6.28. The first-order chi connectivity index (χ1) is 14.9. The van der Waals surface area contributed by atoms with Crippen LogP contribution in [0.5, 0.6) is 0 Å². The molecule has 5 nitrogen and oxygen atoms in total. The third-order valence-corrected chi connectivity index (χ3v) is 8.56. The van der Waals surface area contributed by atoms with Crippen LogP contribution in [-0.4, -0.2) is 10.9 Å². The van der Waals surface area contributed by atoms with E-state index in [1.54, 1.807) is 6.07 Å². The van der Waals surface area contributed by atoms with E-state index in [1.165, 1.54) is 62.0 Å². The highest BCUT2D eigenvalue weighted by Crippen LogP contribution is 2.60. The van der Waals surface area contributed by atoms with Gasteiger partial charge in [-0.3, -0.25) is 10.1 Å². The fourth-order valence-corrected chi connectivity index (χ4v) is 7.86. The van der Waals surface area contributed by atoms with Gasteiger partial charge >= 0.3 is 5.63 Å². The van der Waals surface area contributed by atoms with E-state index in [2.05, 4.69) is 10.7 Å². The Bertz CT molecular complexity index is 1250. The van der Waals surface area contributed by atoms with Crippen LogP contribution >= 0.6 is 34.5 Å². The summed E-state index contributed by atoms with van der Waals surface area (Å²) < 4.78 is 5.28. The number of thiazole rings is 1. The summed E-state index contributed by atoms with van der Waals surface area (Å²) in [6.45, 7) is 0. The highest BCUT2D eigenvalue weighted by atomic mass is 35.5. The number of halogens is 2. The fraction of sp³-hybridized carbons (Fsp3) is 0.435. The van der Waals surface area contributed by atoms with Gasteiger partial charge in [-0.1, -0.05) is 23.2 Å². The third-order valence-electron chi connectivity index (χ3n) is 7.30. The van der Waals surface area contributed by atoms with Crippen molar-refractivity contribution in [3.8, 4) is 0 Å². The molecule has 1 N–H and O–H groups in total. The average Bonchev–Trinajstić information content (AvgIpc) is 3.16. The molecule has 4 saturated carbocycles. The van der Waals surface area contributed by atoms with Crippen LogP contribution in [0, 0.1) is 17.8 Å². The lowest BCUT2D eigenvalue weighted by molar-refractivity contribution is -0.00688. The molecule has 0 aliphatic heterocycles. The van der Waals surface area contributed by atoms with Crippen LogP contribution in [0.4, 0.5) is 5.13 Å². The van der Waals surface area contributed by atoms with Crippen LogP contribution in [0.25, 0.3) is 11.0 Å². The van der Waals surface area contributed by atoms with Crippen molar-refractivity contribution in [2.24, 2.45) is 17.8 Å². The van der Waals surface area contributed by atoms with Crippen LogP contribution in [-0.2, 0) is 5.41 Å². The van der Waals surface area contributed by atoms with Crippen molar-refractivity contribution < 1.29 is 9.21 Å². The third kappa shape index (κ3) is 3.31. The van der Waals surface area contributed by atoms with Crippen molar-refractivity contribution in [1.82, 2.24) is 4.98 Å². The molecular formula is C23H20Cl2N2O3S. The molecule has 8 heteroatoms. The summed E-state index contributed by atoms with van der Waals surface area (Å²) >= 11 is 13.6. The second kappa shape index (κ2) is 7.06. The molecule has 0 atom stereocenters. The van der Waals surface area contributed by atoms with E-state index in [1.807, 2.05) is 0 Å². The van der Waals surface area contributed by atoms with E-state index in [0.717, 1.165) is 23.4 Å². The van der Waals surface area contributed by atoms with Crippen LogP contribution in [0.15, 0.2) is 32.8 Å². The number of hydrogen-bond donors (Lipinski definition) is 1. The molecule has 0 unspecified atom stereocenters. The number of aromatic nitrogens is 1. The molecule has 0 saturated heterocycles. The van der Waals surface area contributed by atoms with E-state index < -0.39 is 11.5 Å². The molecule has 1 aromatic carbocycles. The number of nitrogens with zero attached hydrogens (tertiary/aromatic N) is 1. The standard InChI is InChI=1S/C23H20Cl2N2O3S/c24-15-4-14-5-16(21(29)30-19(14)17(25)6-15)20(28)27-22-26-18(10-31-22)23-7-11-1-12(8-23)3-13(2-11)9-23/h4-6,10-13H,1-3,7-9H2,(H,26,27,28). The van der Waals surface area contributed by atoms with Crippen LogP contribution in [0.2, 0.25) is 10.0 Å². The zero-order valence-electron chi connectivity index (χ0n) is 16.6.